The van der Waals surface area contributed by atoms with Gasteiger partial charge in [0.25, 0.3) is 0 Å². The first-order valence-corrected chi connectivity index (χ1v) is 7.19. The summed E-state index contributed by atoms with van der Waals surface area (Å²) in [4.78, 5) is 14.1. The van der Waals surface area contributed by atoms with Gasteiger partial charge in [-0.05, 0) is 20.8 Å². The maximum Gasteiger partial charge on any atom is 0.221 e. The Morgan fingerprint density at radius 2 is 1.90 bits per heavy atom. The number of nitrogens with zero attached hydrogens (tertiary/aromatic N) is 1. The molecule has 0 rings (SSSR count). The molecule has 0 aliphatic carbocycles. The molecule has 0 fully saturated rings. The summed E-state index contributed by atoms with van der Waals surface area (Å²) in [5.74, 6) is 0.0301. The van der Waals surface area contributed by atoms with Gasteiger partial charge in [0.05, 0.1) is 13.2 Å². The van der Waals surface area contributed by atoms with Crippen molar-refractivity contribution in [2.45, 2.75) is 45.3 Å². The van der Waals surface area contributed by atoms with Crippen molar-refractivity contribution in [1.29, 1.82) is 0 Å². The molecule has 0 aromatic carbocycles. The fraction of sp³-hybridized carbons (Fsp3) is 0.929. The van der Waals surface area contributed by atoms with Crippen LogP contribution in [0.15, 0.2) is 0 Å². The van der Waals surface area contributed by atoms with Crippen LogP contribution in [0, 0.1) is 0 Å². The Morgan fingerprint density at radius 1 is 1.25 bits per heavy atom. The Bertz CT molecular complexity index is 262. The zero-order chi connectivity index (χ0) is 15.5. The number of nitrogens with two attached hydrogens (primary N) is 1. The fourth-order valence-electron chi connectivity index (χ4n) is 2.23. The van der Waals surface area contributed by atoms with Crippen molar-refractivity contribution < 1.29 is 14.3 Å². The summed E-state index contributed by atoms with van der Waals surface area (Å²) < 4.78 is 10.3. The summed E-state index contributed by atoms with van der Waals surface area (Å²) in [5, 5.41) is 2.91. The molecular weight excluding hydrogens is 258 g/mol. The Hall–Kier alpha value is -0.690. The van der Waals surface area contributed by atoms with Gasteiger partial charge in [0.15, 0.2) is 0 Å². The predicted octanol–water partition coefficient (Wildman–Crippen LogP) is 0.212. The van der Waals surface area contributed by atoms with E-state index in [-0.39, 0.29) is 24.0 Å². The van der Waals surface area contributed by atoms with Crippen LogP contribution in [-0.2, 0) is 14.3 Å². The van der Waals surface area contributed by atoms with E-state index in [1.807, 2.05) is 13.8 Å². The highest BCUT2D eigenvalue weighted by Crippen LogP contribution is 2.09. The van der Waals surface area contributed by atoms with Crippen molar-refractivity contribution >= 4 is 5.91 Å². The molecule has 0 aliphatic heterocycles. The van der Waals surface area contributed by atoms with Crippen LogP contribution in [0.5, 0.6) is 0 Å². The molecule has 0 aromatic heterocycles. The highest BCUT2D eigenvalue weighted by atomic mass is 16.5. The van der Waals surface area contributed by atoms with E-state index >= 15 is 0 Å². The van der Waals surface area contributed by atoms with E-state index in [4.69, 9.17) is 15.2 Å². The summed E-state index contributed by atoms with van der Waals surface area (Å²) in [6.07, 6.45) is 0.395. The topological polar surface area (TPSA) is 76.8 Å². The third kappa shape index (κ3) is 7.79. The lowest BCUT2D eigenvalue weighted by molar-refractivity contribution is -0.123. The maximum absolute atomic E-state index is 11.9. The molecule has 0 heterocycles. The van der Waals surface area contributed by atoms with Gasteiger partial charge in [0.2, 0.25) is 5.91 Å². The molecule has 0 aliphatic rings. The monoisotopic (exact) mass is 289 g/mol. The van der Waals surface area contributed by atoms with E-state index in [9.17, 15) is 4.79 Å². The Labute approximate surface area is 123 Å². The lowest BCUT2D eigenvalue weighted by Gasteiger charge is -2.35. The third-order valence-electron chi connectivity index (χ3n) is 3.14. The second-order valence-corrected chi connectivity index (χ2v) is 5.35. The number of carbonyl (C=O) groups is 1. The number of methoxy groups -OCH3 is 2. The smallest absolute Gasteiger partial charge is 0.221 e. The summed E-state index contributed by atoms with van der Waals surface area (Å²) in [6.45, 7) is 8.35. The van der Waals surface area contributed by atoms with Gasteiger partial charge in [-0.2, -0.15) is 0 Å². The van der Waals surface area contributed by atoms with Gasteiger partial charge in [-0.15, -0.1) is 0 Å². The molecule has 1 amide bonds. The van der Waals surface area contributed by atoms with Crippen molar-refractivity contribution in [3.05, 3.63) is 0 Å². The highest BCUT2D eigenvalue weighted by molar-refractivity contribution is 5.76. The normalized spacial score (nSPS) is 14.6. The first-order valence-electron chi connectivity index (χ1n) is 7.19. The second kappa shape index (κ2) is 11.0. The molecule has 2 unspecified atom stereocenters. The molecule has 0 saturated carbocycles. The minimum atomic E-state index is -0.00551. The van der Waals surface area contributed by atoms with Crippen LogP contribution >= 0.6 is 0 Å². The van der Waals surface area contributed by atoms with Crippen LogP contribution in [-0.4, -0.2) is 69.5 Å². The number of carbonyl (C=O) groups excluding carboxylic acids is 1. The van der Waals surface area contributed by atoms with Crippen LogP contribution in [0.1, 0.15) is 27.2 Å². The summed E-state index contributed by atoms with van der Waals surface area (Å²) in [6, 6.07) is 0.328. The van der Waals surface area contributed by atoms with E-state index < -0.39 is 0 Å². The van der Waals surface area contributed by atoms with Gasteiger partial charge < -0.3 is 20.5 Å². The van der Waals surface area contributed by atoms with E-state index in [2.05, 4.69) is 17.1 Å². The number of amides is 1. The van der Waals surface area contributed by atoms with Crippen LogP contribution in [0.2, 0.25) is 0 Å². The average Bonchev–Trinajstić information content (AvgIpc) is 2.37. The number of hydrogen-bond acceptors (Lipinski definition) is 5. The Morgan fingerprint density at radius 3 is 2.35 bits per heavy atom. The van der Waals surface area contributed by atoms with Crippen LogP contribution in [0.3, 0.4) is 0 Å². The highest BCUT2D eigenvalue weighted by Gasteiger charge is 2.24. The molecule has 20 heavy (non-hydrogen) atoms. The minimum Gasteiger partial charge on any atom is -0.383 e. The van der Waals surface area contributed by atoms with Crippen molar-refractivity contribution in [3.63, 3.8) is 0 Å². The largest absolute Gasteiger partial charge is 0.383 e. The molecule has 0 saturated heterocycles. The lowest BCUT2D eigenvalue weighted by Crippen LogP contribution is -2.51. The van der Waals surface area contributed by atoms with Crippen molar-refractivity contribution in [3.8, 4) is 0 Å². The van der Waals surface area contributed by atoms with E-state index in [0.717, 1.165) is 6.54 Å². The molecule has 0 bridgehead atoms. The molecule has 6 heteroatoms. The summed E-state index contributed by atoms with van der Waals surface area (Å²) in [7, 11) is 3.34. The first-order chi connectivity index (χ1) is 9.46. The summed E-state index contributed by atoms with van der Waals surface area (Å²) in [5.41, 5.74) is 5.86. The number of rotatable bonds is 11. The Balaban J connectivity index is 4.65. The minimum absolute atomic E-state index is 0.00551. The van der Waals surface area contributed by atoms with Crippen molar-refractivity contribution in [2.75, 3.05) is 40.5 Å². The molecule has 6 nitrogen and oxygen atoms in total. The molecule has 3 N–H and O–H groups in total. The zero-order valence-electron chi connectivity index (χ0n) is 13.5. The number of ether oxygens (including phenoxy) is 2. The molecule has 0 radical (unpaired) electrons. The average molecular weight is 289 g/mol. The van der Waals surface area contributed by atoms with Gasteiger partial charge in [-0.3, -0.25) is 9.69 Å². The van der Waals surface area contributed by atoms with Gasteiger partial charge in [-0.1, -0.05) is 0 Å². The van der Waals surface area contributed by atoms with Gasteiger partial charge >= 0.3 is 0 Å². The van der Waals surface area contributed by atoms with E-state index in [1.54, 1.807) is 14.2 Å². The molecular formula is C14H31N3O3. The molecule has 120 valence electrons. The number of nitrogens with one attached hydrogen (secondary N) is 1. The molecule has 0 spiro atoms. The molecule has 0 aromatic rings. The summed E-state index contributed by atoms with van der Waals surface area (Å²) >= 11 is 0. The quantitative estimate of drug-likeness (QED) is 0.569. The van der Waals surface area contributed by atoms with Gasteiger partial charge in [0, 0.05) is 51.9 Å². The maximum atomic E-state index is 11.9. The third-order valence-corrected chi connectivity index (χ3v) is 3.14. The van der Waals surface area contributed by atoms with Gasteiger partial charge in [-0.25, -0.2) is 0 Å². The second-order valence-electron chi connectivity index (χ2n) is 5.35. The standard InChI is InChI=1S/C14H31N3O3/c1-11(2)16-14(18)8-13(9-15)17(6-7-19-4)12(3)10-20-5/h11-13H,6-10,15H2,1-5H3,(H,16,18). The Kier molecular flexibility index (Phi) is 10.6. The van der Waals surface area contributed by atoms with Crippen LogP contribution < -0.4 is 11.1 Å². The van der Waals surface area contributed by atoms with E-state index in [1.165, 1.54) is 0 Å². The number of hydrogen-bond donors (Lipinski definition) is 2. The van der Waals surface area contributed by atoms with Gasteiger partial charge in [0.1, 0.15) is 0 Å². The SMILES string of the molecule is COCCN(C(C)COC)C(CN)CC(=O)NC(C)C. The molecule has 2 atom stereocenters. The van der Waals surface area contributed by atoms with Crippen LogP contribution in [0.25, 0.3) is 0 Å². The van der Waals surface area contributed by atoms with Crippen molar-refractivity contribution in [2.24, 2.45) is 5.73 Å². The first kappa shape index (κ1) is 19.3. The zero-order valence-corrected chi connectivity index (χ0v) is 13.5. The van der Waals surface area contributed by atoms with Crippen LogP contribution in [0.4, 0.5) is 0 Å². The fourth-order valence-corrected chi connectivity index (χ4v) is 2.23. The van der Waals surface area contributed by atoms with Crippen molar-refractivity contribution in [1.82, 2.24) is 10.2 Å². The predicted molar refractivity (Wildman–Crippen MR) is 80.7 cm³/mol. The lowest BCUT2D eigenvalue weighted by atomic mass is 10.1. The van der Waals surface area contributed by atoms with E-state index in [0.29, 0.717) is 26.2 Å².